The highest BCUT2D eigenvalue weighted by Gasteiger charge is 2.20. The average Bonchev–Trinajstić information content (AvgIpc) is 3.27. The van der Waals surface area contributed by atoms with Gasteiger partial charge in [0.15, 0.2) is 0 Å². The Bertz CT molecular complexity index is 1390. The predicted octanol–water partition coefficient (Wildman–Crippen LogP) is 4.75. The Morgan fingerprint density at radius 3 is 2.44 bits per heavy atom. The van der Waals surface area contributed by atoms with Crippen molar-refractivity contribution in [2.75, 3.05) is 13.7 Å². The Kier molecular flexibility index (Phi) is 8.00. The molecule has 4 aromatic rings. The summed E-state index contributed by atoms with van der Waals surface area (Å²) < 4.78 is 6.40. The van der Waals surface area contributed by atoms with Gasteiger partial charge in [0.05, 0.1) is 19.7 Å². The van der Waals surface area contributed by atoms with Crippen LogP contribution in [0.3, 0.4) is 0 Å². The summed E-state index contributed by atoms with van der Waals surface area (Å²) in [6, 6.07) is 23.2. The average molecular weight is 486 g/mol. The summed E-state index contributed by atoms with van der Waals surface area (Å²) in [5, 5.41) is 8.89. The molecule has 1 unspecified atom stereocenters. The number of unbranched alkanes of at least 4 members (excludes halogenated alkanes) is 1. The molecule has 0 fully saturated rings. The standard InChI is InChI=1S/C29H31N3O4/c1-3-4-15-24(23-14-9-12-20-10-5-7-13-22(20)23)31-27(33)18-30-29(35)26-17-21-11-6-8-16-25(21)32(26)19-28(34)36-2/h5-14,16-17,24H,3-4,15,18-19H2,1-2H3,(H,30,35)(H,31,33). The van der Waals surface area contributed by atoms with E-state index in [2.05, 4.69) is 35.8 Å². The molecule has 0 aliphatic rings. The van der Waals surface area contributed by atoms with E-state index >= 15 is 0 Å². The van der Waals surface area contributed by atoms with Crippen molar-refractivity contribution < 1.29 is 19.1 Å². The maximum Gasteiger partial charge on any atom is 0.325 e. The van der Waals surface area contributed by atoms with Crippen LogP contribution in [0.15, 0.2) is 72.8 Å². The lowest BCUT2D eigenvalue weighted by molar-refractivity contribution is -0.141. The van der Waals surface area contributed by atoms with Gasteiger partial charge in [0.2, 0.25) is 5.91 Å². The van der Waals surface area contributed by atoms with E-state index in [4.69, 9.17) is 4.74 Å². The van der Waals surface area contributed by atoms with Crippen molar-refractivity contribution in [2.45, 2.75) is 38.8 Å². The zero-order chi connectivity index (χ0) is 25.5. The van der Waals surface area contributed by atoms with Gasteiger partial charge >= 0.3 is 5.97 Å². The van der Waals surface area contributed by atoms with Crippen LogP contribution >= 0.6 is 0 Å². The number of hydrogen-bond donors (Lipinski definition) is 2. The first kappa shape index (κ1) is 25.0. The van der Waals surface area contributed by atoms with E-state index in [1.54, 1.807) is 10.6 Å². The normalized spacial score (nSPS) is 11.8. The van der Waals surface area contributed by atoms with Gasteiger partial charge in [0, 0.05) is 10.9 Å². The van der Waals surface area contributed by atoms with Crippen molar-refractivity contribution >= 4 is 39.5 Å². The molecule has 0 bridgehead atoms. The van der Waals surface area contributed by atoms with E-state index < -0.39 is 11.9 Å². The Hall–Kier alpha value is -4.13. The minimum atomic E-state index is -0.461. The largest absolute Gasteiger partial charge is 0.468 e. The Morgan fingerprint density at radius 2 is 1.67 bits per heavy atom. The maximum atomic E-state index is 13.0. The lowest BCUT2D eigenvalue weighted by atomic mass is 9.95. The van der Waals surface area contributed by atoms with Crippen molar-refractivity contribution in [2.24, 2.45) is 0 Å². The second-order valence-corrected chi connectivity index (χ2v) is 8.76. The summed E-state index contributed by atoms with van der Waals surface area (Å²) in [6.07, 6.45) is 2.78. The minimum absolute atomic E-state index is 0.0981. The fourth-order valence-corrected chi connectivity index (χ4v) is 4.53. The SMILES string of the molecule is CCCCC(NC(=O)CNC(=O)c1cc2ccccc2n1CC(=O)OC)c1cccc2ccccc12. The zero-order valence-electron chi connectivity index (χ0n) is 20.6. The van der Waals surface area contributed by atoms with E-state index in [-0.39, 0.29) is 25.0 Å². The molecule has 0 saturated carbocycles. The number of hydrogen-bond acceptors (Lipinski definition) is 4. The number of amides is 2. The number of nitrogens with one attached hydrogen (secondary N) is 2. The molecule has 2 N–H and O–H groups in total. The van der Waals surface area contributed by atoms with Gasteiger partial charge in [-0.2, -0.15) is 0 Å². The molecule has 3 aromatic carbocycles. The quantitative estimate of drug-likeness (QED) is 0.318. The molecule has 0 saturated heterocycles. The van der Waals surface area contributed by atoms with Crippen molar-refractivity contribution in [3.8, 4) is 0 Å². The molecule has 7 heteroatoms. The summed E-state index contributed by atoms with van der Waals surface area (Å²) >= 11 is 0. The van der Waals surface area contributed by atoms with E-state index in [9.17, 15) is 14.4 Å². The molecule has 0 spiro atoms. The van der Waals surface area contributed by atoms with Gasteiger partial charge in [-0.3, -0.25) is 14.4 Å². The smallest absolute Gasteiger partial charge is 0.325 e. The molecule has 1 atom stereocenters. The van der Waals surface area contributed by atoms with Gasteiger partial charge < -0.3 is 19.9 Å². The molecule has 7 nitrogen and oxygen atoms in total. The number of para-hydroxylation sites is 1. The molecule has 1 aromatic heterocycles. The van der Waals surface area contributed by atoms with Crippen LogP contribution in [0.4, 0.5) is 0 Å². The first-order valence-electron chi connectivity index (χ1n) is 12.2. The van der Waals surface area contributed by atoms with E-state index in [0.717, 1.165) is 46.5 Å². The number of nitrogens with zero attached hydrogens (tertiary/aromatic N) is 1. The van der Waals surface area contributed by atoms with Gasteiger partial charge in [0.25, 0.3) is 5.91 Å². The first-order chi connectivity index (χ1) is 17.5. The number of esters is 1. The number of methoxy groups -OCH3 is 1. The summed E-state index contributed by atoms with van der Waals surface area (Å²) in [7, 11) is 1.31. The summed E-state index contributed by atoms with van der Waals surface area (Å²) in [5.41, 5.74) is 2.11. The number of benzene rings is 3. The third-order valence-electron chi connectivity index (χ3n) is 6.35. The molecule has 0 aliphatic carbocycles. The van der Waals surface area contributed by atoms with Crippen LogP contribution in [0.5, 0.6) is 0 Å². The molecular weight excluding hydrogens is 454 g/mol. The topological polar surface area (TPSA) is 89.4 Å². The van der Waals surface area contributed by atoms with Crippen LogP contribution in [0.25, 0.3) is 21.7 Å². The van der Waals surface area contributed by atoms with Crippen molar-refractivity contribution in [1.29, 1.82) is 0 Å². The third-order valence-corrected chi connectivity index (χ3v) is 6.35. The number of carbonyl (C=O) groups is 3. The molecular formula is C29H31N3O4. The molecule has 1 heterocycles. The van der Waals surface area contributed by atoms with Crippen molar-refractivity contribution in [1.82, 2.24) is 15.2 Å². The number of rotatable bonds is 10. The molecule has 0 aliphatic heterocycles. The molecule has 4 rings (SSSR count). The number of aromatic nitrogens is 1. The van der Waals surface area contributed by atoms with Gasteiger partial charge in [-0.15, -0.1) is 0 Å². The third kappa shape index (κ3) is 5.57. The minimum Gasteiger partial charge on any atom is -0.468 e. The summed E-state index contributed by atoms with van der Waals surface area (Å²) in [4.78, 5) is 37.9. The van der Waals surface area contributed by atoms with Gasteiger partial charge in [-0.1, -0.05) is 80.4 Å². The predicted molar refractivity (Wildman–Crippen MR) is 141 cm³/mol. The number of carbonyl (C=O) groups excluding carboxylic acids is 3. The van der Waals surface area contributed by atoms with E-state index in [1.165, 1.54) is 7.11 Å². The van der Waals surface area contributed by atoms with Gasteiger partial charge in [-0.05, 0) is 34.9 Å². The van der Waals surface area contributed by atoms with Crippen LogP contribution in [0.2, 0.25) is 0 Å². The monoisotopic (exact) mass is 485 g/mol. The Balaban J connectivity index is 1.49. The molecule has 2 amide bonds. The first-order valence-corrected chi connectivity index (χ1v) is 12.2. The summed E-state index contributed by atoms with van der Waals surface area (Å²) in [5.74, 6) is -1.16. The van der Waals surface area contributed by atoms with Crippen LogP contribution in [0.1, 0.15) is 48.3 Å². The second kappa shape index (κ2) is 11.5. The van der Waals surface area contributed by atoms with Gasteiger partial charge in [-0.25, -0.2) is 0 Å². The van der Waals surface area contributed by atoms with Gasteiger partial charge in [0.1, 0.15) is 12.2 Å². The number of ether oxygens (including phenoxy) is 1. The highest BCUT2D eigenvalue weighted by molar-refractivity contribution is 6.00. The van der Waals surface area contributed by atoms with Crippen LogP contribution in [0, 0.1) is 0 Å². The van der Waals surface area contributed by atoms with E-state index in [1.807, 2.05) is 48.5 Å². The van der Waals surface area contributed by atoms with Crippen LogP contribution in [-0.4, -0.2) is 36.0 Å². The Morgan fingerprint density at radius 1 is 0.944 bits per heavy atom. The molecule has 186 valence electrons. The van der Waals surface area contributed by atoms with Crippen LogP contribution in [-0.2, 0) is 20.9 Å². The Labute approximate surface area is 210 Å². The second-order valence-electron chi connectivity index (χ2n) is 8.76. The molecule has 36 heavy (non-hydrogen) atoms. The summed E-state index contributed by atoms with van der Waals surface area (Å²) in [6.45, 7) is 1.85. The maximum absolute atomic E-state index is 13.0. The number of fused-ring (bicyclic) bond motifs is 2. The van der Waals surface area contributed by atoms with Crippen molar-refractivity contribution in [3.05, 3.63) is 84.1 Å². The highest BCUT2D eigenvalue weighted by Crippen LogP contribution is 2.27. The van der Waals surface area contributed by atoms with Crippen LogP contribution < -0.4 is 10.6 Å². The van der Waals surface area contributed by atoms with E-state index in [0.29, 0.717) is 5.69 Å². The lowest BCUT2D eigenvalue weighted by Gasteiger charge is -2.21. The zero-order valence-corrected chi connectivity index (χ0v) is 20.6. The highest BCUT2D eigenvalue weighted by atomic mass is 16.5. The molecule has 0 radical (unpaired) electrons. The van der Waals surface area contributed by atoms with Crippen molar-refractivity contribution in [3.63, 3.8) is 0 Å². The fraction of sp³-hybridized carbons (Fsp3) is 0.276. The fourth-order valence-electron chi connectivity index (χ4n) is 4.53. The lowest BCUT2D eigenvalue weighted by Crippen LogP contribution is -2.39.